The van der Waals surface area contributed by atoms with Gasteiger partial charge in [0.15, 0.2) is 0 Å². The van der Waals surface area contributed by atoms with Gasteiger partial charge in [-0.15, -0.1) is 0 Å². The number of amides is 2. The number of fused-ring (bicyclic) bond motifs is 1. The topological polar surface area (TPSA) is 82.3 Å². The van der Waals surface area contributed by atoms with Crippen LogP contribution < -0.4 is 21.3 Å². The smallest absolute Gasteiger partial charge is 0.251 e. The van der Waals surface area contributed by atoms with Crippen LogP contribution in [0.1, 0.15) is 24.2 Å². The molecule has 0 radical (unpaired) electrons. The van der Waals surface area contributed by atoms with E-state index in [0.29, 0.717) is 18.0 Å². The summed E-state index contributed by atoms with van der Waals surface area (Å²) in [5, 5.41) is 11.9. The summed E-state index contributed by atoms with van der Waals surface area (Å²) in [5.41, 5.74) is 2.45. The molecule has 1 heterocycles. The van der Waals surface area contributed by atoms with Gasteiger partial charge in [0.05, 0.1) is 17.9 Å². The molecule has 0 fully saturated rings. The van der Waals surface area contributed by atoms with E-state index in [4.69, 9.17) is 0 Å². The van der Waals surface area contributed by atoms with E-state index in [1.807, 2.05) is 19.9 Å². The third kappa shape index (κ3) is 4.37. The molecule has 0 unspecified atom stereocenters. The van der Waals surface area contributed by atoms with Gasteiger partial charge >= 0.3 is 0 Å². The zero-order valence-electron chi connectivity index (χ0n) is 12.5. The molecule has 0 saturated heterocycles. The van der Waals surface area contributed by atoms with Crippen molar-refractivity contribution < 1.29 is 9.59 Å². The summed E-state index contributed by atoms with van der Waals surface area (Å²) in [6, 6.07) is 5.41. The Bertz CT molecular complexity index is 528. The minimum absolute atomic E-state index is 0.00564. The first kappa shape index (κ1) is 15.2. The van der Waals surface area contributed by atoms with Crippen molar-refractivity contribution in [1.82, 2.24) is 10.6 Å². The summed E-state index contributed by atoms with van der Waals surface area (Å²) in [4.78, 5) is 23.6. The predicted molar refractivity (Wildman–Crippen MR) is 83.6 cm³/mol. The Morgan fingerprint density at radius 2 is 1.86 bits per heavy atom. The number of anilines is 2. The van der Waals surface area contributed by atoms with E-state index >= 15 is 0 Å². The average Bonchev–Trinajstić information content (AvgIpc) is 2.50. The molecule has 4 N–H and O–H groups in total. The molecule has 114 valence electrons. The molecule has 0 bridgehead atoms. The molecule has 2 rings (SSSR count). The number of carbonyl (C=O) groups is 2. The SMILES string of the molecule is CC(C)CNC(=O)CNC(=O)c1ccc2c(c1)NCCN2. The lowest BCUT2D eigenvalue weighted by Gasteiger charge is -2.20. The largest absolute Gasteiger partial charge is 0.382 e. The predicted octanol–water partition coefficient (Wildman–Crippen LogP) is 1.03. The van der Waals surface area contributed by atoms with E-state index in [9.17, 15) is 9.59 Å². The molecule has 2 amide bonds. The summed E-state index contributed by atoms with van der Waals surface area (Å²) in [6.45, 7) is 6.35. The van der Waals surface area contributed by atoms with Gasteiger partial charge in [-0.3, -0.25) is 9.59 Å². The first-order chi connectivity index (χ1) is 10.1. The van der Waals surface area contributed by atoms with Gasteiger partial charge in [0.2, 0.25) is 5.91 Å². The second-order valence-corrected chi connectivity index (χ2v) is 5.49. The van der Waals surface area contributed by atoms with Gasteiger partial charge in [0.25, 0.3) is 5.91 Å². The first-order valence-corrected chi connectivity index (χ1v) is 7.23. The number of carbonyl (C=O) groups excluding carboxylic acids is 2. The quantitative estimate of drug-likeness (QED) is 0.653. The molecule has 6 nitrogen and oxygen atoms in total. The number of nitrogens with one attached hydrogen (secondary N) is 4. The van der Waals surface area contributed by atoms with Crippen LogP contribution in [0.3, 0.4) is 0 Å². The Balaban J connectivity index is 1.87. The van der Waals surface area contributed by atoms with Crippen molar-refractivity contribution in [2.75, 3.05) is 36.8 Å². The fourth-order valence-electron chi connectivity index (χ4n) is 2.02. The summed E-state index contributed by atoms with van der Waals surface area (Å²) in [6.07, 6.45) is 0. The zero-order valence-corrected chi connectivity index (χ0v) is 12.5. The van der Waals surface area contributed by atoms with Crippen LogP contribution in [-0.4, -0.2) is 38.0 Å². The Hall–Kier alpha value is -2.24. The molecule has 6 heteroatoms. The molecule has 1 aliphatic rings. The normalized spacial score (nSPS) is 12.9. The van der Waals surface area contributed by atoms with E-state index in [2.05, 4.69) is 21.3 Å². The minimum atomic E-state index is -0.245. The third-order valence-electron chi connectivity index (χ3n) is 3.15. The van der Waals surface area contributed by atoms with Crippen molar-refractivity contribution in [2.45, 2.75) is 13.8 Å². The summed E-state index contributed by atoms with van der Waals surface area (Å²) < 4.78 is 0. The molecule has 1 aromatic carbocycles. The van der Waals surface area contributed by atoms with Crippen LogP contribution in [0.4, 0.5) is 11.4 Å². The Morgan fingerprint density at radius 1 is 1.14 bits per heavy atom. The van der Waals surface area contributed by atoms with Gasteiger partial charge in [0.1, 0.15) is 0 Å². The maximum atomic E-state index is 12.0. The minimum Gasteiger partial charge on any atom is -0.382 e. The highest BCUT2D eigenvalue weighted by Crippen LogP contribution is 2.25. The molecule has 0 spiro atoms. The number of hydrogen-bond donors (Lipinski definition) is 4. The van der Waals surface area contributed by atoms with Gasteiger partial charge in [-0.2, -0.15) is 0 Å². The average molecular weight is 290 g/mol. The molecular formula is C15H22N4O2. The van der Waals surface area contributed by atoms with Crippen molar-refractivity contribution in [2.24, 2.45) is 5.92 Å². The lowest BCUT2D eigenvalue weighted by molar-refractivity contribution is -0.120. The second-order valence-electron chi connectivity index (χ2n) is 5.49. The van der Waals surface area contributed by atoms with Gasteiger partial charge in [-0.25, -0.2) is 0 Å². The van der Waals surface area contributed by atoms with Crippen LogP contribution in [0.2, 0.25) is 0 Å². The zero-order chi connectivity index (χ0) is 15.2. The molecule has 1 aromatic rings. The Morgan fingerprint density at radius 3 is 2.57 bits per heavy atom. The van der Waals surface area contributed by atoms with E-state index in [1.165, 1.54) is 0 Å². The molecule has 0 aromatic heterocycles. The Kier molecular flexibility index (Phi) is 5.03. The van der Waals surface area contributed by atoms with E-state index in [1.54, 1.807) is 12.1 Å². The molecule has 1 aliphatic heterocycles. The van der Waals surface area contributed by atoms with Crippen molar-refractivity contribution in [1.29, 1.82) is 0 Å². The highest BCUT2D eigenvalue weighted by molar-refractivity contribution is 5.98. The maximum absolute atomic E-state index is 12.0. The maximum Gasteiger partial charge on any atom is 0.251 e. The van der Waals surface area contributed by atoms with E-state index < -0.39 is 0 Å². The standard InChI is InChI=1S/C15H22N4O2/c1-10(2)8-18-14(20)9-19-15(21)11-3-4-12-13(7-11)17-6-5-16-12/h3-4,7,10,16-17H,5-6,8-9H2,1-2H3,(H,18,20)(H,19,21). The molecule has 21 heavy (non-hydrogen) atoms. The fraction of sp³-hybridized carbons (Fsp3) is 0.467. The highest BCUT2D eigenvalue weighted by Gasteiger charge is 2.12. The van der Waals surface area contributed by atoms with Crippen LogP contribution in [0, 0.1) is 5.92 Å². The molecular weight excluding hydrogens is 268 g/mol. The van der Waals surface area contributed by atoms with Gasteiger partial charge in [-0.05, 0) is 24.1 Å². The molecule has 0 atom stereocenters. The van der Waals surface area contributed by atoms with Crippen molar-refractivity contribution in [3.63, 3.8) is 0 Å². The number of hydrogen-bond acceptors (Lipinski definition) is 4. The van der Waals surface area contributed by atoms with Crippen LogP contribution in [-0.2, 0) is 4.79 Å². The second kappa shape index (κ2) is 6.97. The number of rotatable bonds is 5. The van der Waals surface area contributed by atoms with E-state index in [-0.39, 0.29) is 18.4 Å². The van der Waals surface area contributed by atoms with Gasteiger partial charge in [-0.1, -0.05) is 13.8 Å². The van der Waals surface area contributed by atoms with Crippen LogP contribution in [0.5, 0.6) is 0 Å². The Labute approximate surface area is 124 Å². The van der Waals surface area contributed by atoms with Crippen LogP contribution in [0.25, 0.3) is 0 Å². The van der Waals surface area contributed by atoms with Crippen molar-refractivity contribution in [3.05, 3.63) is 23.8 Å². The van der Waals surface area contributed by atoms with Gasteiger partial charge in [0, 0.05) is 25.2 Å². The molecule has 0 aliphatic carbocycles. The summed E-state index contributed by atoms with van der Waals surface area (Å²) >= 11 is 0. The number of benzene rings is 1. The van der Waals surface area contributed by atoms with Gasteiger partial charge < -0.3 is 21.3 Å². The lowest BCUT2D eigenvalue weighted by atomic mass is 10.1. The highest BCUT2D eigenvalue weighted by atomic mass is 16.2. The monoisotopic (exact) mass is 290 g/mol. The van der Waals surface area contributed by atoms with Crippen LogP contribution in [0.15, 0.2) is 18.2 Å². The van der Waals surface area contributed by atoms with Crippen molar-refractivity contribution >= 4 is 23.2 Å². The van der Waals surface area contributed by atoms with Crippen LogP contribution >= 0.6 is 0 Å². The molecule has 0 saturated carbocycles. The van der Waals surface area contributed by atoms with Crippen molar-refractivity contribution in [3.8, 4) is 0 Å². The summed E-state index contributed by atoms with van der Waals surface area (Å²) in [5.74, 6) is -0.0245. The summed E-state index contributed by atoms with van der Waals surface area (Å²) in [7, 11) is 0. The van der Waals surface area contributed by atoms with E-state index in [0.717, 1.165) is 24.5 Å². The fourth-order valence-corrected chi connectivity index (χ4v) is 2.02. The first-order valence-electron chi connectivity index (χ1n) is 7.23. The lowest BCUT2D eigenvalue weighted by Crippen LogP contribution is -2.38. The third-order valence-corrected chi connectivity index (χ3v) is 3.15.